The quantitative estimate of drug-likeness (QED) is 0.199. The minimum absolute atomic E-state index is 0. The molecule has 1 fully saturated rings. The Morgan fingerprint density at radius 3 is 2.60 bits per heavy atom. The van der Waals surface area contributed by atoms with Gasteiger partial charge in [-0.25, -0.2) is 0 Å². The number of benzene rings is 1. The largest absolute Gasteiger partial charge is 0.357 e. The number of amides is 1. The highest BCUT2D eigenvalue weighted by Gasteiger charge is 2.16. The van der Waals surface area contributed by atoms with Gasteiger partial charge in [0.05, 0.1) is 6.54 Å². The van der Waals surface area contributed by atoms with Crippen molar-refractivity contribution in [2.75, 3.05) is 38.5 Å². The van der Waals surface area contributed by atoms with Gasteiger partial charge in [0.25, 0.3) is 0 Å². The van der Waals surface area contributed by atoms with Crippen molar-refractivity contribution in [1.82, 2.24) is 15.5 Å². The molecule has 2 N–H and O–H groups in total. The van der Waals surface area contributed by atoms with Crippen LogP contribution in [0.3, 0.4) is 0 Å². The van der Waals surface area contributed by atoms with Crippen molar-refractivity contribution in [3.8, 4) is 0 Å². The van der Waals surface area contributed by atoms with Gasteiger partial charge in [0.2, 0.25) is 5.91 Å². The van der Waals surface area contributed by atoms with Crippen LogP contribution in [0.5, 0.6) is 0 Å². The maximum Gasteiger partial charge on any atom is 0.224 e. The Balaban J connectivity index is 0.00000312. The number of halogens is 1. The first kappa shape index (κ1) is 22.1. The van der Waals surface area contributed by atoms with Gasteiger partial charge in [0.15, 0.2) is 5.96 Å². The molecule has 1 aliphatic rings. The second-order valence-corrected chi connectivity index (χ2v) is 6.86. The molecule has 5 nitrogen and oxygen atoms in total. The Bertz CT molecular complexity index is 521. The Kier molecular flexibility index (Phi) is 11.7. The Labute approximate surface area is 172 Å². The molecule has 0 radical (unpaired) electrons. The SMILES string of the molecule is CCNC(=NCCC(=O)N1CCCC1)NCCSc1ccccc1.I. The van der Waals surface area contributed by atoms with Crippen LogP contribution >= 0.6 is 35.7 Å². The molecule has 1 aliphatic heterocycles. The summed E-state index contributed by atoms with van der Waals surface area (Å²) in [5, 5.41) is 6.56. The van der Waals surface area contributed by atoms with E-state index in [-0.39, 0.29) is 29.9 Å². The van der Waals surface area contributed by atoms with Crippen molar-refractivity contribution in [2.45, 2.75) is 31.1 Å². The number of likely N-dealkylation sites (tertiary alicyclic amines) is 1. The number of guanidine groups is 1. The van der Waals surface area contributed by atoms with Gasteiger partial charge in [-0.05, 0) is 31.9 Å². The van der Waals surface area contributed by atoms with Gasteiger partial charge in [-0.2, -0.15) is 0 Å². The van der Waals surface area contributed by atoms with Gasteiger partial charge in [0, 0.05) is 43.2 Å². The summed E-state index contributed by atoms with van der Waals surface area (Å²) in [5.74, 6) is 1.99. The average Bonchev–Trinajstić information content (AvgIpc) is 3.14. The average molecular weight is 476 g/mol. The Hall–Kier alpha value is -0.960. The van der Waals surface area contributed by atoms with E-state index >= 15 is 0 Å². The maximum atomic E-state index is 12.0. The van der Waals surface area contributed by atoms with Crippen molar-refractivity contribution in [3.05, 3.63) is 30.3 Å². The molecule has 1 aromatic carbocycles. The van der Waals surface area contributed by atoms with Crippen molar-refractivity contribution in [3.63, 3.8) is 0 Å². The minimum Gasteiger partial charge on any atom is -0.357 e. The van der Waals surface area contributed by atoms with Crippen LogP contribution < -0.4 is 10.6 Å². The number of nitrogens with zero attached hydrogens (tertiary/aromatic N) is 2. The fourth-order valence-corrected chi connectivity index (χ4v) is 3.37. The van der Waals surface area contributed by atoms with E-state index in [0.29, 0.717) is 13.0 Å². The van der Waals surface area contributed by atoms with Crippen LogP contribution in [0.25, 0.3) is 0 Å². The lowest BCUT2D eigenvalue weighted by Gasteiger charge is -2.15. The lowest BCUT2D eigenvalue weighted by Crippen LogP contribution is -2.38. The molecule has 7 heteroatoms. The molecule has 0 unspecified atom stereocenters. The van der Waals surface area contributed by atoms with Gasteiger partial charge in [-0.1, -0.05) is 18.2 Å². The van der Waals surface area contributed by atoms with Crippen molar-refractivity contribution < 1.29 is 4.79 Å². The molecule has 0 aliphatic carbocycles. The van der Waals surface area contributed by atoms with E-state index in [1.807, 2.05) is 29.7 Å². The number of thioether (sulfide) groups is 1. The third kappa shape index (κ3) is 8.80. The van der Waals surface area contributed by atoms with Crippen LogP contribution in [0.15, 0.2) is 40.2 Å². The zero-order valence-corrected chi connectivity index (χ0v) is 18.0. The first-order valence-electron chi connectivity index (χ1n) is 8.77. The van der Waals surface area contributed by atoms with Crippen LogP contribution in [0.2, 0.25) is 0 Å². The van der Waals surface area contributed by atoms with Gasteiger partial charge >= 0.3 is 0 Å². The van der Waals surface area contributed by atoms with Crippen molar-refractivity contribution >= 4 is 47.6 Å². The number of rotatable bonds is 8. The highest BCUT2D eigenvalue weighted by atomic mass is 127. The lowest BCUT2D eigenvalue weighted by molar-refractivity contribution is -0.129. The molecule has 0 aromatic heterocycles. The molecule has 1 saturated heterocycles. The zero-order valence-electron chi connectivity index (χ0n) is 14.9. The predicted octanol–water partition coefficient (Wildman–Crippen LogP) is 2.96. The first-order chi connectivity index (χ1) is 11.8. The van der Waals surface area contributed by atoms with E-state index in [4.69, 9.17) is 0 Å². The van der Waals surface area contributed by atoms with Crippen LogP contribution in [0.4, 0.5) is 0 Å². The van der Waals surface area contributed by atoms with E-state index in [9.17, 15) is 4.79 Å². The summed E-state index contributed by atoms with van der Waals surface area (Å²) < 4.78 is 0. The fourth-order valence-electron chi connectivity index (χ4n) is 2.58. The van der Waals surface area contributed by atoms with E-state index < -0.39 is 0 Å². The number of carbonyl (C=O) groups excluding carboxylic acids is 1. The first-order valence-corrected chi connectivity index (χ1v) is 9.76. The summed E-state index contributed by atoms with van der Waals surface area (Å²) in [6.45, 7) is 6.07. The van der Waals surface area contributed by atoms with Crippen LogP contribution in [0.1, 0.15) is 26.2 Å². The minimum atomic E-state index is 0. The maximum absolute atomic E-state index is 12.0. The molecule has 1 amide bonds. The summed E-state index contributed by atoms with van der Waals surface area (Å²) in [6, 6.07) is 10.4. The Morgan fingerprint density at radius 1 is 1.20 bits per heavy atom. The van der Waals surface area contributed by atoms with Crippen molar-refractivity contribution in [1.29, 1.82) is 0 Å². The molecule has 25 heavy (non-hydrogen) atoms. The Morgan fingerprint density at radius 2 is 1.92 bits per heavy atom. The molecule has 0 saturated carbocycles. The third-order valence-electron chi connectivity index (χ3n) is 3.81. The molecule has 0 atom stereocenters. The summed E-state index contributed by atoms with van der Waals surface area (Å²) in [5.41, 5.74) is 0. The highest BCUT2D eigenvalue weighted by Crippen LogP contribution is 2.15. The fraction of sp³-hybridized carbons (Fsp3) is 0.556. The number of hydrogen-bond donors (Lipinski definition) is 2. The molecule has 140 valence electrons. The van der Waals surface area contributed by atoms with Gasteiger partial charge in [-0.3, -0.25) is 9.79 Å². The summed E-state index contributed by atoms with van der Waals surface area (Å²) in [4.78, 5) is 19.7. The van der Waals surface area contributed by atoms with Gasteiger partial charge < -0.3 is 15.5 Å². The highest BCUT2D eigenvalue weighted by molar-refractivity contribution is 14.0. The van der Waals surface area contributed by atoms with Crippen LogP contribution in [-0.2, 0) is 4.79 Å². The molecule has 1 aromatic rings. The summed E-state index contributed by atoms with van der Waals surface area (Å²) in [6.07, 6.45) is 2.77. The van der Waals surface area contributed by atoms with E-state index in [2.05, 4.69) is 39.9 Å². The van der Waals surface area contributed by atoms with Gasteiger partial charge in [0.1, 0.15) is 0 Å². The van der Waals surface area contributed by atoms with Gasteiger partial charge in [-0.15, -0.1) is 35.7 Å². The number of carbonyl (C=O) groups is 1. The van der Waals surface area contributed by atoms with Crippen LogP contribution in [-0.4, -0.2) is 55.2 Å². The molecule has 0 bridgehead atoms. The number of hydrogen-bond acceptors (Lipinski definition) is 3. The molecule has 0 spiro atoms. The normalized spacial score (nSPS) is 14.1. The van der Waals surface area contributed by atoms with E-state index in [1.54, 1.807) is 0 Å². The monoisotopic (exact) mass is 476 g/mol. The number of nitrogens with one attached hydrogen (secondary N) is 2. The summed E-state index contributed by atoms with van der Waals surface area (Å²) >= 11 is 1.82. The van der Waals surface area contributed by atoms with E-state index in [1.165, 1.54) is 4.90 Å². The van der Waals surface area contributed by atoms with Crippen LogP contribution in [0, 0.1) is 0 Å². The molecule has 1 heterocycles. The molecular formula is C18H29IN4OS. The molecule has 2 rings (SSSR count). The lowest BCUT2D eigenvalue weighted by atomic mass is 10.4. The number of aliphatic imine (C=N–C) groups is 1. The standard InChI is InChI=1S/C18H28N4OS.HI/c1-2-19-18(20-11-10-17(23)22-13-6-7-14-22)21-12-15-24-16-8-4-3-5-9-16;/h3-5,8-9H,2,6-7,10-15H2,1H3,(H2,19,20,21);1H. The summed E-state index contributed by atoms with van der Waals surface area (Å²) in [7, 11) is 0. The third-order valence-corrected chi connectivity index (χ3v) is 4.82. The second-order valence-electron chi connectivity index (χ2n) is 5.69. The van der Waals surface area contributed by atoms with Crippen molar-refractivity contribution in [2.24, 2.45) is 4.99 Å². The zero-order chi connectivity index (χ0) is 17.0. The van der Waals surface area contributed by atoms with E-state index in [0.717, 1.165) is 50.7 Å². The topological polar surface area (TPSA) is 56.7 Å². The smallest absolute Gasteiger partial charge is 0.224 e. The predicted molar refractivity (Wildman–Crippen MR) is 117 cm³/mol. The second kappa shape index (κ2) is 13.3. The molecular weight excluding hydrogens is 447 g/mol.